The summed E-state index contributed by atoms with van der Waals surface area (Å²) in [5.41, 5.74) is -0.152. The van der Waals surface area contributed by atoms with Crippen LogP contribution in [-0.2, 0) is 14.3 Å². The molecule has 0 aromatic heterocycles. The van der Waals surface area contributed by atoms with Gasteiger partial charge in [-0.1, -0.05) is 0 Å². The van der Waals surface area contributed by atoms with Gasteiger partial charge in [-0.3, -0.25) is 4.48 Å². The zero-order valence-electron chi connectivity index (χ0n) is 14.2. The first-order valence-corrected chi connectivity index (χ1v) is 9.91. The number of hydrogen-bond donors (Lipinski definition) is 4. The predicted octanol–water partition coefficient (Wildman–Crippen LogP) is -1.03. The van der Waals surface area contributed by atoms with E-state index in [1.807, 2.05) is 6.92 Å². The molecule has 0 unspecified atom stereocenters. The first kappa shape index (κ1) is 18.0. The number of aliphatic carboxylic acids is 1. The molecular formula is C16H26NO7S+. The van der Waals surface area contributed by atoms with Crippen LogP contribution in [0.1, 0.15) is 19.8 Å². The second kappa shape index (κ2) is 6.05. The third-order valence-electron chi connectivity index (χ3n) is 6.51. The first-order valence-electron chi connectivity index (χ1n) is 8.86. The van der Waals surface area contributed by atoms with Crippen molar-refractivity contribution in [3.8, 4) is 0 Å². The van der Waals surface area contributed by atoms with Crippen molar-refractivity contribution in [2.24, 2.45) is 5.92 Å². The van der Waals surface area contributed by atoms with Crippen LogP contribution in [0.2, 0.25) is 0 Å². The number of quaternary nitrogens is 1. The van der Waals surface area contributed by atoms with Gasteiger partial charge < -0.3 is 29.9 Å². The predicted molar refractivity (Wildman–Crippen MR) is 87.6 cm³/mol. The van der Waals surface area contributed by atoms with E-state index in [2.05, 4.69) is 0 Å². The van der Waals surface area contributed by atoms with E-state index >= 15 is 0 Å². The van der Waals surface area contributed by atoms with Gasteiger partial charge in [0.2, 0.25) is 6.23 Å². The van der Waals surface area contributed by atoms with Crippen LogP contribution in [0.3, 0.4) is 0 Å². The molecule has 0 aromatic carbocycles. The molecule has 8 nitrogen and oxygen atoms in total. The van der Waals surface area contributed by atoms with E-state index in [0.29, 0.717) is 16.9 Å². The molecule has 0 aliphatic carbocycles. The van der Waals surface area contributed by atoms with Crippen molar-refractivity contribution in [3.63, 3.8) is 0 Å². The average Bonchev–Trinajstić information content (AvgIpc) is 2.93. The monoisotopic (exact) mass is 376 g/mol. The molecule has 9 heteroatoms. The minimum absolute atomic E-state index is 0.122. The van der Waals surface area contributed by atoms with Crippen LogP contribution in [0.25, 0.3) is 0 Å². The number of ether oxygens (including phenoxy) is 2. The van der Waals surface area contributed by atoms with E-state index in [9.17, 15) is 25.2 Å². The minimum atomic E-state index is -1.64. The molecule has 0 radical (unpaired) electrons. The Bertz CT molecular complexity index is 555. The van der Waals surface area contributed by atoms with E-state index < -0.39 is 36.6 Å². The molecule has 25 heavy (non-hydrogen) atoms. The Morgan fingerprint density at radius 3 is 2.40 bits per heavy atom. The third-order valence-corrected chi connectivity index (χ3v) is 7.73. The Kier molecular flexibility index (Phi) is 4.35. The highest BCUT2D eigenvalue weighted by Crippen LogP contribution is 2.51. The largest absolute Gasteiger partial charge is 0.479 e. The number of aliphatic hydroxyl groups is 3. The summed E-state index contributed by atoms with van der Waals surface area (Å²) >= 11 is 1.78. The number of thioether (sulfide) groups is 1. The van der Waals surface area contributed by atoms with Crippen LogP contribution >= 0.6 is 11.8 Å². The summed E-state index contributed by atoms with van der Waals surface area (Å²) in [5, 5.41) is 40.0. The van der Waals surface area contributed by atoms with Gasteiger partial charge in [0.15, 0.2) is 12.2 Å². The number of nitrogens with zero attached hydrogens (tertiary/aromatic N) is 1. The molecule has 142 valence electrons. The highest BCUT2D eigenvalue weighted by atomic mass is 32.2. The van der Waals surface area contributed by atoms with E-state index in [1.54, 1.807) is 11.8 Å². The fourth-order valence-corrected chi connectivity index (χ4v) is 6.42. The summed E-state index contributed by atoms with van der Waals surface area (Å²) in [6.45, 7) is 4.19. The third kappa shape index (κ3) is 2.63. The lowest BCUT2D eigenvalue weighted by Gasteiger charge is -2.60. The molecule has 7 atom stereocenters. The lowest BCUT2D eigenvalue weighted by molar-refractivity contribution is -0.996. The topological polar surface area (TPSA) is 116 Å². The molecule has 2 bridgehead atoms. The zero-order chi connectivity index (χ0) is 18.0. The molecule has 1 spiro atoms. The van der Waals surface area contributed by atoms with E-state index in [1.165, 1.54) is 0 Å². The van der Waals surface area contributed by atoms with Crippen molar-refractivity contribution >= 4 is 17.7 Å². The van der Waals surface area contributed by atoms with Crippen LogP contribution < -0.4 is 0 Å². The fraction of sp³-hybridized carbons (Fsp3) is 0.938. The smallest absolute Gasteiger partial charge is 0.335 e. The minimum Gasteiger partial charge on any atom is -0.479 e. The molecule has 0 saturated carbocycles. The Balaban J connectivity index is 1.64. The zero-order valence-corrected chi connectivity index (χ0v) is 15.0. The van der Waals surface area contributed by atoms with Crippen LogP contribution in [0.5, 0.6) is 0 Å². The maximum atomic E-state index is 11.4. The van der Waals surface area contributed by atoms with Crippen molar-refractivity contribution in [2.75, 3.05) is 25.4 Å². The van der Waals surface area contributed by atoms with Crippen LogP contribution in [-0.4, -0.2) is 97.9 Å². The summed E-state index contributed by atoms with van der Waals surface area (Å²) < 4.78 is 12.3. The number of piperidine rings is 3. The number of carboxylic acids is 1. The van der Waals surface area contributed by atoms with Crippen molar-refractivity contribution in [1.29, 1.82) is 0 Å². The first-order chi connectivity index (χ1) is 11.8. The fourth-order valence-electron chi connectivity index (χ4n) is 5.25. The van der Waals surface area contributed by atoms with E-state index in [-0.39, 0.29) is 11.0 Å². The second-order valence-electron chi connectivity index (χ2n) is 7.92. The molecule has 5 saturated heterocycles. The summed E-state index contributed by atoms with van der Waals surface area (Å²) in [4.78, 5) is 11.4. The molecule has 5 aliphatic rings. The van der Waals surface area contributed by atoms with Crippen molar-refractivity contribution in [3.05, 3.63) is 0 Å². The van der Waals surface area contributed by atoms with Gasteiger partial charge in [-0.25, -0.2) is 4.79 Å². The standard InChI is InChI=1S/C16H25NO7S/c1-8-24-16(7-25-8)6-17(4-2-9(16)3-5-17)14-12(20)10(18)11(19)13(23-14)15(21)22/h8-14,18-20H,2-7H2,1H3/p+1/t8-,9?,10+,11+,12-,13-,14-,16+,17?/m1/s1. The van der Waals surface area contributed by atoms with Crippen LogP contribution in [0.15, 0.2) is 0 Å². The Labute approximate surface area is 150 Å². The highest BCUT2D eigenvalue weighted by Gasteiger charge is 2.64. The summed E-state index contributed by atoms with van der Waals surface area (Å²) in [6, 6.07) is 0. The maximum absolute atomic E-state index is 11.4. The number of hydrogen-bond acceptors (Lipinski definition) is 7. The van der Waals surface area contributed by atoms with Gasteiger partial charge in [-0.15, -0.1) is 11.8 Å². The Morgan fingerprint density at radius 2 is 1.84 bits per heavy atom. The van der Waals surface area contributed by atoms with Crippen LogP contribution in [0.4, 0.5) is 0 Å². The number of fused-ring (bicyclic) bond motifs is 2. The molecular weight excluding hydrogens is 350 g/mol. The molecule has 0 amide bonds. The van der Waals surface area contributed by atoms with Crippen molar-refractivity contribution in [2.45, 2.75) is 61.4 Å². The van der Waals surface area contributed by atoms with Crippen molar-refractivity contribution < 1.29 is 39.2 Å². The molecule has 5 aliphatic heterocycles. The summed E-state index contributed by atoms with van der Waals surface area (Å²) in [7, 11) is 0. The van der Waals surface area contributed by atoms with Crippen molar-refractivity contribution in [1.82, 2.24) is 0 Å². The van der Waals surface area contributed by atoms with Gasteiger partial charge in [0.05, 0.1) is 13.1 Å². The molecule has 0 aromatic rings. The SMILES string of the molecule is C[C@@H]1O[C@]2(CS1)C[N+]1([C@@H]3O[C@@H](C(=O)O)[C@@H](O)[C@H](O)[C@H]3O)CCC2CC1. The van der Waals surface area contributed by atoms with Crippen LogP contribution in [0, 0.1) is 5.92 Å². The van der Waals surface area contributed by atoms with Gasteiger partial charge in [0.1, 0.15) is 29.8 Å². The summed E-state index contributed by atoms with van der Waals surface area (Å²) in [5.74, 6) is 0.0239. The molecule has 4 N–H and O–H groups in total. The molecule has 5 fully saturated rings. The van der Waals surface area contributed by atoms with Gasteiger partial charge in [0, 0.05) is 24.5 Å². The summed E-state index contributed by atoms with van der Waals surface area (Å²) in [6.07, 6.45) is -5.07. The van der Waals surface area contributed by atoms with Gasteiger partial charge in [0.25, 0.3) is 0 Å². The maximum Gasteiger partial charge on any atom is 0.335 e. The van der Waals surface area contributed by atoms with Gasteiger partial charge in [-0.2, -0.15) is 0 Å². The Hall–Kier alpha value is -0.420. The van der Waals surface area contributed by atoms with E-state index in [0.717, 1.165) is 31.7 Å². The molecule has 5 heterocycles. The lowest BCUT2D eigenvalue weighted by atomic mass is 9.73. The average molecular weight is 376 g/mol. The van der Waals surface area contributed by atoms with Gasteiger partial charge >= 0.3 is 5.97 Å². The highest BCUT2D eigenvalue weighted by molar-refractivity contribution is 8.00. The number of aliphatic hydroxyl groups excluding tert-OH is 3. The lowest BCUT2D eigenvalue weighted by Crippen LogP contribution is -2.78. The Morgan fingerprint density at radius 1 is 1.16 bits per heavy atom. The quantitative estimate of drug-likeness (QED) is 0.452. The van der Waals surface area contributed by atoms with E-state index in [4.69, 9.17) is 9.47 Å². The number of carbonyl (C=O) groups is 1. The molecule has 5 rings (SSSR count). The second-order valence-corrected chi connectivity index (χ2v) is 9.20. The number of carboxylic acid groups (broad SMARTS) is 1. The normalized spacial score (nSPS) is 55.6. The van der Waals surface area contributed by atoms with Gasteiger partial charge in [-0.05, 0) is 6.92 Å². The number of rotatable bonds is 2.